The number of amides is 1. The van der Waals surface area contributed by atoms with Crippen LogP contribution in [0.5, 0.6) is 11.5 Å². The van der Waals surface area contributed by atoms with Crippen LogP contribution in [0.2, 0.25) is 0 Å². The molecule has 172 valence electrons. The highest BCUT2D eigenvalue weighted by Gasteiger charge is 2.10. The number of carbonyl (C=O) groups excluding carboxylic acids is 1. The summed E-state index contributed by atoms with van der Waals surface area (Å²) >= 11 is 0. The number of pyridine rings is 1. The van der Waals surface area contributed by atoms with Crippen molar-refractivity contribution in [3.05, 3.63) is 90.4 Å². The molecule has 0 fully saturated rings. The number of aromatic nitrogens is 3. The molecule has 1 aliphatic carbocycles. The molecule has 0 bridgehead atoms. The minimum Gasteiger partial charge on any atom is -0.457 e. The van der Waals surface area contributed by atoms with Crippen molar-refractivity contribution in [2.45, 2.75) is 6.42 Å². The molecule has 0 saturated heterocycles. The maximum atomic E-state index is 12.0. The second-order valence-electron chi connectivity index (χ2n) is 7.31. The summed E-state index contributed by atoms with van der Waals surface area (Å²) in [7, 11) is 0. The van der Waals surface area contributed by atoms with Crippen LogP contribution >= 0.6 is 0 Å². The van der Waals surface area contributed by atoms with E-state index >= 15 is 0 Å². The molecule has 2 heterocycles. The summed E-state index contributed by atoms with van der Waals surface area (Å²) in [5, 5.41) is 14.6. The fourth-order valence-corrected chi connectivity index (χ4v) is 3.21. The van der Waals surface area contributed by atoms with Gasteiger partial charge >= 0.3 is 0 Å². The van der Waals surface area contributed by atoms with Crippen LogP contribution in [0.15, 0.2) is 79.0 Å². The third-order valence-electron chi connectivity index (χ3n) is 4.79. The number of allylic oxidation sites excluding steroid dienone is 6. The Bertz CT molecular complexity index is 1250. The van der Waals surface area contributed by atoms with Gasteiger partial charge in [0.15, 0.2) is 0 Å². The number of nitrogens with zero attached hydrogens (tertiary/aromatic N) is 3. The predicted molar refractivity (Wildman–Crippen MR) is 131 cm³/mol. The Balaban J connectivity index is 1.44. The lowest BCUT2D eigenvalue weighted by Gasteiger charge is -2.11. The number of benzene rings is 1. The lowest BCUT2D eigenvalue weighted by molar-refractivity contribution is 0.0939. The number of nitrogens with one attached hydrogen (secondary N) is 2. The number of carbonyl (C=O) groups is 1. The molecule has 0 unspecified atom stereocenters. The standard InChI is InChI=1S/C25H24N6O3/c26-25-30-21(17-5-3-1-2-4-6-17)16-23(31-25)29-18-7-9-19(10-8-18)34-20-11-12-27-22(15-20)24(33)28-13-14-32/h1-5,7-12,15-16,32H,6,13-14H2,(H,28,33)(H3,26,29,30,31). The maximum Gasteiger partial charge on any atom is 0.270 e. The molecule has 1 amide bonds. The van der Waals surface area contributed by atoms with E-state index in [0.717, 1.165) is 23.4 Å². The molecule has 1 aromatic carbocycles. The van der Waals surface area contributed by atoms with Crippen molar-refractivity contribution in [2.24, 2.45) is 0 Å². The summed E-state index contributed by atoms with van der Waals surface area (Å²) < 4.78 is 5.85. The van der Waals surface area contributed by atoms with Crippen LogP contribution in [-0.4, -0.2) is 39.1 Å². The monoisotopic (exact) mass is 456 g/mol. The van der Waals surface area contributed by atoms with E-state index in [1.165, 1.54) is 12.3 Å². The molecule has 2 aromatic heterocycles. The largest absolute Gasteiger partial charge is 0.457 e. The SMILES string of the molecule is Nc1nc(Nc2ccc(Oc3ccnc(C(=O)NCCO)c3)cc2)cc(C2=CC=CC=CC2)n1. The average Bonchev–Trinajstić information content (AvgIpc) is 3.13. The minimum atomic E-state index is -0.380. The first-order chi connectivity index (χ1) is 16.6. The van der Waals surface area contributed by atoms with E-state index in [0.29, 0.717) is 17.3 Å². The van der Waals surface area contributed by atoms with E-state index in [2.05, 4.69) is 31.7 Å². The molecule has 0 spiro atoms. The van der Waals surface area contributed by atoms with Gasteiger partial charge in [-0.15, -0.1) is 0 Å². The Labute approximate surface area is 196 Å². The first-order valence-corrected chi connectivity index (χ1v) is 10.7. The number of anilines is 3. The summed E-state index contributed by atoms with van der Waals surface area (Å²) in [5.74, 6) is 1.45. The third-order valence-corrected chi connectivity index (χ3v) is 4.79. The maximum absolute atomic E-state index is 12.0. The van der Waals surface area contributed by atoms with Crippen molar-refractivity contribution in [3.63, 3.8) is 0 Å². The lowest BCUT2D eigenvalue weighted by Crippen LogP contribution is -2.27. The highest BCUT2D eigenvalue weighted by atomic mass is 16.5. The Morgan fingerprint density at radius 1 is 1.06 bits per heavy atom. The molecule has 3 aromatic rings. The first kappa shape index (κ1) is 22.7. The van der Waals surface area contributed by atoms with Gasteiger partial charge in [0.05, 0.1) is 12.3 Å². The fourth-order valence-electron chi connectivity index (χ4n) is 3.21. The number of ether oxygens (including phenoxy) is 1. The number of hydrogen-bond donors (Lipinski definition) is 4. The molecule has 9 heteroatoms. The number of hydrogen-bond acceptors (Lipinski definition) is 8. The van der Waals surface area contributed by atoms with Crippen molar-refractivity contribution in [1.29, 1.82) is 0 Å². The zero-order valence-electron chi connectivity index (χ0n) is 18.3. The van der Waals surface area contributed by atoms with Gasteiger partial charge in [-0.05, 0) is 42.3 Å². The van der Waals surface area contributed by atoms with Crippen LogP contribution in [0.25, 0.3) is 5.57 Å². The number of aliphatic hydroxyl groups excluding tert-OH is 1. The van der Waals surface area contributed by atoms with Crippen LogP contribution in [0.1, 0.15) is 22.6 Å². The van der Waals surface area contributed by atoms with Crippen molar-refractivity contribution in [2.75, 3.05) is 24.2 Å². The van der Waals surface area contributed by atoms with Gasteiger partial charge in [0.1, 0.15) is 23.0 Å². The van der Waals surface area contributed by atoms with Crippen LogP contribution in [0, 0.1) is 0 Å². The van der Waals surface area contributed by atoms with Gasteiger partial charge < -0.3 is 26.2 Å². The quantitative estimate of drug-likeness (QED) is 0.404. The Hall–Kier alpha value is -4.50. The molecule has 0 aliphatic heterocycles. The Kier molecular flexibility index (Phi) is 7.26. The third kappa shape index (κ3) is 6.05. The number of rotatable bonds is 8. The van der Waals surface area contributed by atoms with E-state index in [-0.39, 0.29) is 30.7 Å². The van der Waals surface area contributed by atoms with Gasteiger partial charge in [0.25, 0.3) is 5.91 Å². The molecule has 0 radical (unpaired) electrons. The van der Waals surface area contributed by atoms with E-state index in [9.17, 15) is 4.79 Å². The number of aliphatic hydroxyl groups is 1. The molecule has 34 heavy (non-hydrogen) atoms. The van der Waals surface area contributed by atoms with E-state index in [4.69, 9.17) is 15.6 Å². The van der Waals surface area contributed by atoms with Crippen molar-refractivity contribution >= 4 is 28.9 Å². The molecular formula is C25H24N6O3. The van der Waals surface area contributed by atoms with Gasteiger partial charge in [0.2, 0.25) is 5.95 Å². The average molecular weight is 457 g/mol. The normalized spacial score (nSPS) is 12.6. The zero-order valence-corrected chi connectivity index (χ0v) is 18.3. The van der Waals surface area contributed by atoms with Gasteiger partial charge in [-0.2, -0.15) is 4.98 Å². The van der Waals surface area contributed by atoms with Crippen LogP contribution in [0.4, 0.5) is 17.5 Å². The summed E-state index contributed by atoms with van der Waals surface area (Å²) in [6.07, 6.45) is 12.3. The predicted octanol–water partition coefficient (Wildman–Crippen LogP) is 3.61. The number of nitrogens with two attached hydrogens (primary N) is 1. The highest BCUT2D eigenvalue weighted by molar-refractivity contribution is 5.92. The molecule has 0 atom stereocenters. The fraction of sp³-hybridized carbons (Fsp3) is 0.120. The summed E-state index contributed by atoms with van der Waals surface area (Å²) in [6.45, 7) is 0.0169. The molecule has 9 nitrogen and oxygen atoms in total. The highest BCUT2D eigenvalue weighted by Crippen LogP contribution is 2.26. The van der Waals surface area contributed by atoms with Gasteiger partial charge in [-0.3, -0.25) is 9.78 Å². The van der Waals surface area contributed by atoms with Crippen LogP contribution in [0.3, 0.4) is 0 Å². The molecule has 4 rings (SSSR count). The molecule has 0 saturated carbocycles. The lowest BCUT2D eigenvalue weighted by atomic mass is 10.1. The van der Waals surface area contributed by atoms with Crippen LogP contribution < -0.4 is 21.1 Å². The van der Waals surface area contributed by atoms with E-state index in [1.54, 1.807) is 18.2 Å². The Morgan fingerprint density at radius 3 is 2.74 bits per heavy atom. The van der Waals surface area contributed by atoms with Crippen molar-refractivity contribution < 1.29 is 14.6 Å². The van der Waals surface area contributed by atoms with Gasteiger partial charge in [-0.25, -0.2) is 4.98 Å². The topological polar surface area (TPSA) is 135 Å². The zero-order chi connectivity index (χ0) is 23.8. The molecular weight excluding hydrogens is 432 g/mol. The van der Waals surface area contributed by atoms with Crippen molar-refractivity contribution in [3.8, 4) is 11.5 Å². The van der Waals surface area contributed by atoms with Gasteiger partial charge in [0, 0.05) is 30.6 Å². The van der Waals surface area contributed by atoms with Gasteiger partial charge in [-0.1, -0.05) is 30.4 Å². The minimum absolute atomic E-state index is 0.141. The summed E-state index contributed by atoms with van der Waals surface area (Å²) in [4.78, 5) is 24.7. The second kappa shape index (κ2) is 10.9. The summed E-state index contributed by atoms with van der Waals surface area (Å²) in [5.41, 5.74) is 8.75. The Morgan fingerprint density at radius 2 is 1.91 bits per heavy atom. The van der Waals surface area contributed by atoms with Crippen molar-refractivity contribution in [1.82, 2.24) is 20.3 Å². The second-order valence-corrected chi connectivity index (χ2v) is 7.31. The summed E-state index contributed by atoms with van der Waals surface area (Å²) in [6, 6.07) is 12.3. The smallest absolute Gasteiger partial charge is 0.270 e. The van der Waals surface area contributed by atoms with E-state index in [1.807, 2.05) is 42.5 Å². The van der Waals surface area contributed by atoms with Crippen LogP contribution in [-0.2, 0) is 0 Å². The first-order valence-electron chi connectivity index (χ1n) is 10.7. The molecule has 5 N–H and O–H groups in total. The molecule has 1 aliphatic rings. The number of nitrogen functional groups attached to an aromatic ring is 1. The van der Waals surface area contributed by atoms with E-state index < -0.39 is 0 Å².